The number of aromatic nitrogens is 2. The Morgan fingerprint density at radius 3 is 2.68 bits per heavy atom. The quantitative estimate of drug-likeness (QED) is 0.785. The highest BCUT2D eigenvalue weighted by molar-refractivity contribution is 5.93. The number of carbonyl (C=O) groups excluding carboxylic acids is 2. The molecule has 0 atom stereocenters. The fraction of sp³-hybridized carbons (Fsp3) is 0.450. The number of primary amides is 1. The van der Waals surface area contributed by atoms with Gasteiger partial charge in [-0.1, -0.05) is 0 Å². The summed E-state index contributed by atoms with van der Waals surface area (Å²) < 4.78 is 11.9. The molecule has 4 heterocycles. The molecule has 2 aromatic heterocycles. The average Bonchev–Trinajstić information content (AvgIpc) is 3.08. The van der Waals surface area contributed by atoms with Crippen molar-refractivity contribution in [3.05, 3.63) is 35.8 Å². The highest BCUT2D eigenvalue weighted by Gasteiger charge is 2.46. The number of hydrogen-bond donors (Lipinski definition) is 2. The molecule has 2 aliphatic heterocycles. The predicted octanol–water partition coefficient (Wildman–Crippen LogP) is 2.79. The van der Waals surface area contributed by atoms with Crippen molar-refractivity contribution in [1.29, 1.82) is 0 Å². The SMILES string of the molecule is CC(C)(C)OC(=O)N1CCC2(CC1)Oc1cnccc1-c1[nH]c(C(N)=O)cc12. The Kier molecular flexibility index (Phi) is 4.10. The first-order chi connectivity index (χ1) is 13.2. The predicted molar refractivity (Wildman–Crippen MR) is 102 cm³/mol. The van der Waals surface area contributed by atoms with Gasteiger partial charge in [-0.3, -0.25) is 9.78 Å². The van der Waals surface area contributed by atoms with Gasteiger partial charge in [0.25, 0.3) is 5.91 Å². The van der Waals surface area contributed by atoms with Gasteiger partial charge in [0.15, 0.2) is 0 Å². The van der Waals surface area contributed by atoms with Crippen molar-refractivity contribution in [3.63, 3.8) is 0 Å². The van der Waals surface area contributed by atoms with Crippen LogP contribution in [0.5, 0.6) is 5.75 Å². The number of H-pyrrole nitrogens is 1. The Labute approximate surface area is 163 Å². The first kappa shape index (κ1) is 18.3. The molecule has 0 aliphatic carbocycles. The van der Waals surface area contributed by atoms with E-state index < -0.39 is 17.1 Å². The van der Waals surface area contributed by atoms with E-state index in [2.05, 4.69) is 9.97 Å². The monoisotopic (exact) mass is 384 g/mol. The van der Waals surface area contributed by atoms with Gasteiger partial charge in [-0.05, 0) is 32.9 Å². The molecule has 0 saturated carbocycles. The van der Waals surface area contributed by atoms with E-state index >= 15 is 0 Å². The molecule has 8 nitrogen and oxygen atoms in total. The van der Waals surface area contributed by atoms with Crippen molar-refractivity contribution in [3.8, 4) is 17.0 Å². The average molecular weight is 384 g/mol. The molecule has 0 radical (unpaired) electrons. The molecule has 0 bridgehead atoms. The summed E-state index contributed by atoms with van der Waals surface area (Å²) in [5, 5.41) is 0. The van der Waals surface area contributed by atoms with Crippen molar-refractivity contribution in [1.82, 2.24) is 14.9 Å². The zero-order valence-corrected chi connectivity index (χ0v) is 16.2. The van der Waals surface area contributed by atoms with E-state index in [1.54, 1.807) is 23.4 Å². The molecular formula is C20H24N4O4. The number of nitrogens with one attached hydrogen (secondary N) is 1. The lowest BCUT2D eigenvalue weighted by Gasteiger charge is -2.44. The van der Waals surface area contributed by atoms with Crippen molar-refractivity contribution in [2.75, 3.05) is 13.1 Å². The molecule has 1 spiro atoms. The summed E-state index contributed by atoms with van der Waals surface area (Å²) in [5.41, 5.74) is 7.21. The van der Waals surface area contributed by atoms with Crippen molar-refractivity contribution in [2.45, 2.75) is 44.8 Å². The highest BCUT2D eigenvalue weighted by Crippen LogP contribution is 2.49. The summed E-state index contributed by atoms with van der Waals surface area (Å²) in [5.74, 6) is 0.130. The third kappa shape index (κ3) is 3.08. The molecule has 2 aliphatic rings. The number of aromatic amines is 1. The van der Waals surface area contributed by atoms with E-state index in [4.69, 9.17) is 15.2 Å². The van der Waals surface area contributed by atoms with Crippen LogP contribution in [0.3, 0.4) is 0 Å². The number of fused-ring (bicyclic) bond motifs is 4. The van der Waals surface area contributed by atoms with Crippen LogP contribution in [-0.2, 0) is 10.3 Å². The molecule has 2 amide bonds. The fourth-order valence-electron chi connectivity index (χ4n) is 3.84. The molecule has 0 unspecified atom stereocenters. The summed E-state index contributed by atoms with van der Waals surface area (Å²) in [6.07, 6.45) is 4.17. The lowest BCUT2D eigenvalue weighted by Crippen LogP contribution is -2.50. The standard InChI is InChI=1S/C20H24N4O4/c1-19(2,3)28-18(26)24-8-5-20(6-9-24)13-10-14(17(21)25)23-16(13)12-4-7-22-11-15(12)27-20/h4,7,10-11,23H,5-6,8-9H2,1-3H3,(H2,21,25). The second-order valence-corrected chi connectivity index (χ2v) is 8.27. The number of ether oxygens (including phenoxy) is 2. The van der Waals surface area contributed by atoms with Gasteiger partial charge < -0.3 is 25.1 Å². The number of amides is 2. The number of hydrogen-bond acceptors (Lipinski definition) is 5. The molecule has 28 heavy (non-hydrogen) atoms. The van der Waals surface area contributed by atoms with Crippen molar-refractivity contribution in [2.24, 2.45) is 5.73 Å². The van der Waals surface area contributed by atoms with Gasteiger partial charge in [0.1, 0.15) is 22.6 Å². The molecule has 4 rings (SSSR count). The number of rotatable bonds is 1. The summed E-state index contributed by atoms with van der Waals surface area (Å²) >= 11 is 0. The van der Waals surface area contributed by atoms with Gasteiger partial charge >= 0.3 is 6.09 Å². The van der Waals surface area contributed by atoms with Crippen LogP contribution >= 0.6 is 0 Å². The number of piperidine rings is 1. The van der Waals surface area contributed by atoms with Crippen LogP contribution < -0.4 is 10.5 Å². The normalized spacial score (nSPS) is 17.5. The van der Waals surface area contributed by atoms with Crippen LogP contribution in [0.2, 0.25) is 0 Å². The third-order valence-corrected chi connectivity index (χ3v) is 5.16. The van der Waals surface area contributed by atoms with Crippen LogP contribution in [0.1, 0.15) is 49.7 Å². The van der Waals surface area contributed by atoms with Crippen molar-refractivity contribution < 1.29 is 19.1 Å². The van der Waals surface area contributed by atoms with Gasteiger partial charge in [0.05, 0.1) is 11.9 Å². The Bertz CT molecular complexity index is 936. The maximum absolute atomic E-state index is 12.4. The van der Waals surface area contributed by atoms with Crippen LogP contribution in [-0.4, -0.2) is 45.6 Å². The highest BCUT2D eigenvalue weighted by atomic mass is 16.6. The molecule has 148 valence electrons. The zero-order valence-electron chi connectivity index (χ0n) is 16.2. The number of likely N-dealkylation sites (tertiary alicyclic amines) is 1. The maximum atomic E-state index is 12.4. The number of pyridine rings is 1. The van der Waals surface area contributed by atoms with E-state index in [1.165, 1.54) is 0 Å². The van der Waals surface area contributed by atoms with Crippen LogP contribution in [0.15, 0.2) is 24.5 Å². The Hall–Kier alpha value is -3.03. The maximum Gasteiger partial charge on any atom is 0.410 e. The van der Waals surface area contributed by atoms with Gasteiger partial charge in [-0.15, -0.1) is 0 Å². The van der Waals surface area contributed by atoms with E-state index in [-0.39, 0.29) is 6.09 Å². The van der Waals surface area contributed by atoms with E-state index in [0.29, 0.717) is 37.4 Å². The Morgan fingerprint density at radius 1 is 1.32 bits per heavy atom. The minimum atomic E-state index is -0.645. The van der Waals surface area contributed by atoms with Gasteiger partial charge in [-0.25, -0.2) is 4.79 Å². The van der Waals surface area contributed by atoms with E-state index in [9.17, 15) is 9.59 Å². The lowest BCUT2D eigenvalue weighted by atomic mass is 9.81. The zero-order chi connectivity index (χ0) is 20.1. The molecule has 1 fully saturated rings. The topological polar surface area (TPSA) is 111 Å². The number of nitrogens with two attached hydrogens (primary N) is 1. The minimum Gasteiger partial charge on any atom is -0.480 e. The minimum absolute atomic E-state index is 0.327. The largest absolute Gasteiger partial charge is 0.480 e. The van der Waals surface area contributed by atoms with Gasteiger partial charge in [0, 0.05) is 43.3 Å². The Morgan fingerprint density at radius 2 is 2.04 bits per heavy atom. The summed E-state index contributed by atoms with van der Waals surface area (Å²) in [4.78, 5) is 33.1. The fourth-order valence-corrected chi connectivity index (χ4v) is 3.84. The second-order valence-electron chi connectivity index (χ2n) is 8.27. The van der Waals surface area contributed by atoms with E-state index in [0.717, 1.165) is 16.8 Å². The molecule has 3 N–H and O–H groups in total. The van der Waals surface area contributed by atoms with Gasteiger partial charge in [-0.2, -0.15) is 0 Å². The second kappa shape index (κ2) is 6.25. The van der Waals surface area contributed by atoms with Crippen LogP contribution in [0.25, 0.3) is 11.3 Å². The first-order valence-electron chi connectivity index (χ1n) is 9.33. The van der Waals surface area contributed by atoms with Crippen molar-refractivity contribution >= 4 is 12.0 Å². The smallest absolute Gasteiger partial charge is 0.410 e. The first-order valence-corrected chi connectivity index (χ1v) is 9.33. The van der Waals surface area contributed by atoms with Gasteiger partial charge in [0.2, 0.25) is 0 Å². The van der Waals surface area contributed by atoms with Crippen LogP contribution in [0.4, 0.5) is 4.79 Å². The summed E-state index contributed by atoms with van der Waals surface area (Å²) in [7, 11) is 0. The third-order valence-electron chi connectivity index (χ3n) is 5.16. The Balaban J connectivity index is 1.65. The van der Waals surface area contributed by atoms with Crippen LogP contribution in [0, 0.1) is 0 Å². The summed E-state index contributed by atoms with van der Waals surface area (Å²) in [6, 6.07) is 3.61. The number of carbonyl (C=O) groups is 2. The molecule has 8 heteroatoms. The number of nitrogens with zero attached hydrogens (tertiary/aromatic N) is 2. The molecular weight excluding hydrogens is 360 g/mol. The molecule has 0 aromatic carbocycles. The van der Waals surface area contributed by atoms with E-state index in [1.807, 2.05) is 26.8 Å². The molecule has 1 saturated heterocycles. The lowest BCUT2D eigenvalue weighted by molar-refractivity contribution is -0.0217. The molecule has 2 aromatic rings. The summed E-state index contributed by atoms with van der Waals surface area (Å²) in [6.45, 7) is 6.52.